The van der Waals surface area contributed by atoms with E-state index in [1.54, 1.807) is 12.1 Å². The highest BCUT2D eigenvalue weighted by molar-refractivity contribution is 5.42. The number of likely N-dealkylation sites (tertiary alicyclic amines) is 1. The van der Waals surface area contributed by atoms with Crippen molar-refractivity contribution in [2.45, 2.75) is 39.0 Å². The number of alkyl halides is 2. The van der Waals surface area contributed by atoms with Gasteiger partial charge in [0.25, 0.3) is 0 Å². The van der Waals surface area contributed by atoms with Gasteiger partial charge in [-0.25, -0.2) is 0 Å². The van der Waals surface area contributed by atoms with Crippen LogP contribution < -0.4 is 14.8 Å². The van der Waals surface area contributed by atoms with Crippen LogP contribution in [0.2, 0.25) is 0 Å². The molecule has 0 bridgehead atoms. The summed E-state index contributed by atoms with van der Waals surface area (Å²) in [7, 11) is 1.45. The molecule has 1 aromatic rings. The number of hydrogen-bond acceptors (Lipinski definition) is 4. The maximum atomic E-state index is 12.3. The van der Waals surface area contributed by atoms with E-state index in [9.17, 15) is 8.78 Å². The van der Waals surface area contributed by atoms with Gasteiger partial charge in [0.05, 0.1) is 7.11 Å². The molecule has 1 aromatic carbocycles. The summed E-state index contributed by atoms with van der Waals surface area (Å²) in [6.07, 6.45) is 2.49. The van der Waals surface area contributed by atoms with Crippen LogP contribution in [0.4, 0.5) is 8.78 Å². The molecule has 0 spiro atoms. The number of rotatable bonds is 8. The summed E-state index contributed by atoms with van der Waals surface area (Å²) >= 11 is 0. The highest BCUT2D eigenvalue weighted by Gasteiger charge is 2.22. The maximum Gasteiger partial charge on any atom is 0.387 e. The minimum atomic E-state index is -2.85. The number of benzene rings is 1. The molecule has 1 aliphatic rings. The lowest BCUT2D eigenvalue weighted by atomic mass is 10.2. The number of ether oxygens (including phenoxy) is 2. The molecule has 1 unspecified atom stereocenters. The van der Waals surface area contributed by atoms with Crippen molar-refractivity contribution in [1.29, 1.82) is 0 Å². The average Bonchev–Trinajstić information content (AvgIpc) is 2.95. The fraction of sp³-hybridized carbons (Fsp3) is 0.625. The molecule has 1 saturated heterocycles. The predicted octanol–water partition coefficient (Wildman–Crippen LogP) is 2.87. The van der Waals surface area contributed by atoms with Crippen LogP contribution in [0.5, 0.6) is 11.5 Å². The molecule has 0 aromatic heterocycles. The smallest absolute Gasteiger partial charge is 0.387 e. The van der Waals surface area contributed by atoms with E-state index in [0.717, 1.165) is 18.7 Å². The summed E-state index contributed by atoms with van der Waals surface area (Å²) in [6.45, 7) is 3.21. The van der Waals surface area contributed by atoms with Crippen LogP contribution in [-0.4, -0.2) is 44.3 Å². The zero-order valence-corrected chi connectivity index (χ0v) is 13.1. The molecular formula is C16H24F2N2O2. The number of likely N-dealkylation sites (N-methyl/N-ethyl adjacent to an activating group) is 1. The van der Waals surface area contributed by atoms with Gasteiger partial charge in [-0.2, -0.15) is 8.78 Å². The summed E-state index contributed by atoms with van der Waals surface area (Å²) in [6, 6.07) is 5.63. The van der Waals surface area contributed by atoms with Gasteiger partial charge in [0.15, 0.2) is 11.5 Å². The molecule has 1 aliphatic heterocycles. The summed E-state index contributed by atoms with van der Waals surface area (Å²) in [5, 5.41) is 3.43. The third-order valence-corrected chi connectivity index (χ3v) is 4.06. The highest BCUT2D eigenvalue weighted by Crippen LogP contribution is 2.29. The van der Waals surface area contributed by atoms with Gasteiger partial charge in [0.2, 0.25) is 0 Å². The first-order chi connectivity index (χ1) is 10.6. The molecule has 124 valence electrons. The molecule has 0 radical (unpaired) electrons. The van der Waals surface area contributed by atoms with Crippen molar-refractivity contribution in [3.8, 4) is 11.5 Å². The highest BCUT2D eigenvalue weighted by atomic mass is 19.3. The molecule has 1 fully saturated rings. The Labute approximate surface area is 130 Å². The molecule has 1 heterocycles. The van der Waals surface area contributed by atoms with E-state index in [1.807, 2.05) is 0 Å². The molecule has 2 rings (SSSR count). The Morgan fingerprint density at radius 1 is 1.36 bits per heavy atom. The number of hydrogen-bond donors (Lipinski definition) is 1. The van der Waals surface area contributed by atoms with Crippen LogP contribution in [0.15, 0.2) is 18.2 Å². The zero-order chi connectivity index (χ0) is 15.9. The zero-order valence-electron chi connectivity index (χ0n) is 13.1. The van der Waals surface area contributed by atoms with Gasteiger partial charge in [-0.05, 0) is 43.6 Å². The molecular weight excluding hydrogens is 290 g/mol. The second-order valence-corrected chi connectivity index (χ2v) is 5.42. The van der Waals surface area contributed by atoms with E-state index >= 15 is 0 Å². The minimum Gasteiger partial charge on any atom is -0.493 e. The Kier molecular flexibility index (Phi) is 6.39. The van der Waals surface area contributed by atoms with Crippen LogP contribution in [0.1, 0.15) is 25.3 Å². The predicted molar refractivity (Wildman–Crippen MR) is 81.6 cm³/mol. The van der Waals surface area contributed by atoms with Gasteiger partial charge in [0, 0.05) is 19.1 Å². The lowest BCUT2D eigenvalue weighted by Gasteiger charge is -2.23. The number of nitrogens with one attached hydrogen (secondary N) is 1. The van der Waals surface area contributed by atoms with Crippen LogP contribution in [-0.2, 0) is 6.54 Å². The van der Waals surface area contributed by atoms with Crippen LogP contribution in [0.25, 0.3) is 0 Å². The van der Waals surface area contributed by atoms with Crippen molar-refractivity contribution < 1.29 is 18.3 Å². The first-order valence-electron chi connectivity index (χ1n) is 7.70. The quantitative estimate of drug-likeness (QED) is 0.800. The van der Waals surface area contributed by atoms with Gasteiger partial charge in [-0.3, -0.25) is 4.90 Å². The Balaban J connectivity index is 1.87. The van der Waals surface area contributed by atoms with Crippen molar-refractivity contribution in [1.82, 2.24) is 10.2 Å². The van der Waals surface area contributed by atoms with Crippen molar-refractivity contribution in [3.05, 3.63) is 23.8 Å². The van der Waals surface area contributed by atoms with Crippen LogP contribution in [0, 0.1) is 0 Å². The lowest BCUT2D eigenvalue weighted by molar-refractivity contribution is -0.0512. The summed E-state index contributed by atoms with van der Waals surface area (Å²) < 4.78 is 34.1. The lowest BCUT2D eigenvalue weighted by Crippen LogP contribution is -2.37. The summed E-state index contributed by atoms with van der Waals surface area (Å²) in [4.78, 5) is 2.48. The molecule has 0 amide bonds. The van der Waals surface area contributed by atoms with E-state index in [1.165, 1.54) is 32.6 Å². The SMILES string of the molecule is CCN1CCCC1CNCc1ccc(OC(F)F)c(OC)c1. The van der Waals surface area contributed by atoms with Gasteiger partial charge in [-0.1, -0.05) is 13.0 Å². The van der Waals surface area contributed by atoms with Crippen LogP contribution >= 0.6 is 0 Å². The van der Waals surface area contributed by atoms with E-state index in [2.05, 4.69) is 21.9 Å². The fourth-order valence-electron chi connectivity index (χ4n) is 2.94. The first-order valence-corrected chi connectivity index (χ1v) is 7.70. The third-order valence-electron chi connectivity index (χ3n) is 4.06. The molecule has 22 heavy (non-hydrogen) atoms. The van der Waals surface area contributed by atoms with Crippen molar-refractivity contribution in [3.63, 3.8) is 0 Å². The average molecular weight is 314 g/mol. The van der Waals surface area contributed by atoms with E-state index < -0.39 is 6.61 Å². The van der Waals surface area contributed by atoms with Gasteiger partial charge < -0.3 is 14.8 Å². The van der Waals surface area contributed by atoms with Crippen molar-refractivity contribution >= 4 is 0 Å². The minimum absolute atomic E-state index is 0.0641. The molecule has 4 nitrogen and oxygen atoms in total. The molecule has 1 atom stereocenters. The standard InChI is InChI=1S/C16H24F2N2O2/c1-3-20-8-4-5-13(20)11-19-10-12-6-7-14(22-16(17)18)15(9-12)21-2/h6-7,9,13,16,19H,3-5,8,10-11H2,1-2H3. The van der Waals surface area contributed by atoms with Crippen molar-refractivity contribution in [2.24, 2.45) is 0 Å². The second kappa shape index (κ2) is 8.29. The van der Waals surface area contributed by atoms with Crippen LogP contribution in [0.3, 0.4) is 0 Å². The normalized spacial score (nSPS) is 18.9. The Morgan fingerprint density at radius 2 is 2.18 bits per heavy atom. The second-order valence-electron chi connectivity index (χ2n) is 5.42. The largest absolute Gasteiger partial charge is 0.493 e. The van der Waals surface area contributed by atoms with E-state index in [4.69, 9.17) is 4.74 Å². The summed E-state index contributed by atoms with van der Waals surface area (Å²) in [5.41, 5.74) is 0.986. The molecule has 0 aliphatic carbocycles. The Bertz CT molecular complexity index is 471. The Morgan fingerprint density at radius 3 is 2.86 bits per heavy atom. The van der Waals surface area contributed by atoms with E-state index in [-0.39, 0.29) is 5.75 Å². The van der Waals surface area contributed by atoms with Gasteiger partial charge in [0.1, 0.15) is 0 Å². The molecule has 6 heteroatoms. The number of halogens is 2. The van der Waals surface area contributed by atoms with Crippen molar-refractivity contribution in [2.75, 3.05) is 26.7 Å². The monoisotopic (exact) mass is 314 g/mol. The maximum absolute atomic E-state index is 12.3. The molecule has 1 N–H and O–H groups in total. The molecule has 0 saturated carbocycles. The fourth-order valence-corrected chi connectivity index (χ4v) is 2.94. The van der Waals surface area contributed by atoms with Gasteiger partial charge >= 0.3 is 6.61 Å². The number of nitrogens with zero attached hydrogens (tertiary/aromatic N) is 1. The first kappa shape index (κ1) is 17.0. The Hall–Kier alpha value is -1.40. The topological polar surface area (TPSA) is 33.7 Å². The summed E-state index contributed by atoms with van der Waals surface area (Å²) in [5.74, 6) is 0.393. The van der Waals surface area contributed by atoms with E-state index in [0.29, 0.717) is 18.3 Å². The number of methoxy groups -OCH3 is 1. The third kappa shape index (κ3) is 4.55. The van der Waals surface area contributed by atoms with Gasteiger partial charge in [-0.15, -0.1) is 0 Å².